The summed E-state index contributed by atoms with van der Waals surface area (Å²) in [6.07, 6.45) is 2.41. The van der Waals surface area contributed by atoms with E-state index >= 15 is 0 Å². The van der Waals surface area contributed by atoms with Crippen LogP contribution in [0.2, 0.25) is 0 Å². The van der Waals surface area contributed by atoms with E-state index in [4.69, 9.17) is 4.74 Å². The van der Waals surface area contributed by atoms with Gasteiger partial charge in [0.25, 0.3) is 5.91 Å². The van der Waals surface area contributed by atoms with Crippen LogP contribution in [0.5, 0.6) is 0 Å². The lowest BCUT2D eigenvalue weighted by molar-refractivity contribution is 0.0601. The summed E-state index contributed by atoms with van der Waals surface area (Å²) in [5.74, 6) is -0.576. The molecule has 0 spiro atoms. The molecule has 0 saturated carbocycles. The van der Waals surface area contributed by atoms with E-state index in [2.05, 4.69) is 10.3 Å². The minimum Gasteiger partial charge on any atom is -0.465 e. The Bertz CT molecular complexity index is 1080. The number of carbonyl (C=O) groups excluding carboxylic acids is 2. The molecule has 146 valence electrons. The fourth-order valence-corrected chi connectivity index (χ4v) is 3.66. The summed E-state index contributed by atoms with van der Waals surface area (Å²) in [4.78, 5) is 31.3. The van der Waals surface area contributed by atoms with Crippen LogP contribution in [0.25, 0.3) is 0 Å². The second-order valence-corrected chi connectivity index (χ2v) is 6.95. The molecule has 6 heteroatoms. The number of hydrogen-bond acceptors (Lipinski definition) is 5. The largest absolute Gasteiger partial charge is 0.465 e. The first kappa shape index (κ1) is 18.7. The molecule has 0 saturated heterocycles. The number of aromatic nitrogens is 1. The predicted molar refractivity (Wildman–Crippen MR) is 112 cm³/mol. The normalized spacial score (nSPS) is 15.0. The smallest absolute Gasteiger partial charge is 0.339 e. The number of hydrogen-bond donors (Lipinski definition) is 1. The minimum atomic E-state index is -0.430. The van der Waals surface area contributed by atoms with E-state index in [9.17, 15) is 9.59 Å². The molecule has 1 aliphatic rings. The van der Waals surface area contributed by atoms with Crippen LogP contribution in [0.1, 0.15) is 33.3 Å². The minimum absolute atomic E-state index is 0.0679. The highest BCUT2D eigenvalue weighted by atomic mass is 16.5. The Morgan fingerprint density at radius 2 is 1.86 bits per heavy atom. The van der Waals surface area contributed by atoms with Crippen molar-refractivity contribution in [3.63, 3.8) is 0 Å². The van der Waals surface area contributed by atoms with Gasteiger partial charge in [0.1, 0.15) is 5.69 Å². The first-order valence-corrected chi connectivity index (χ1v) is 9.40. The number of benzene rings is 2. The molecule has 2 heterocycles. The van der Waals surface area contributed by atoms with Crippen molar-refractivity contribution in [2.45, 2.75) is 19.4 Å². The molecular formula is C23H21N3O3. The molecule has 0 bridgehead atoms. The summed E-state index contributed by atoms with van der Waals surface area (Å²) in [6.45, 7) is 2.03. The first-order valence-electron chi connectivity index (χ1n) is 9.40. The average molecular weight is 387 g/mol. The first-order chi connectivity index (χ1) is 14.1. The molecule has 4 rings (SSSR count). The maximum absolute atomic E-state index is 13.2. The number of pyridine rings is 1. The summed E-state index contributed by atoms with van der Waals surface area (Å²) in [6, 6.07) is 18.5. The van der Waals surface area contributed by atoms with E-state index in [0.29, 0.717) is 22.6 Å². The number of anilines is 3. The van der Waals surface area contributed by atoms with Crippen LogP contribution in [0.4, 0.5) is 17.1 Å². The maximum Gasteiger partial charge on any atom is 0.339 e. The second-order valence-electron chi connectivity index (χ2n) is 6.95. The molecule has 1 aliphatic heterocycles. The van der Waals surface area contributed by atoms with Gasteiger partial charge in [-0.1, -0.05) is 30.3 Å². The van der Waals surface area contributed by atoms with E-state index in [1.165, 1.54) is 7.11 Å². The summed E-state index contributed by atoms with van der Waals surface area (Å²) >= 11 is 0. The lowest BCUT2D eigenvalue weighted by Gasteiger charge is -2.22. The van der Waals surface area contributed by atoms with Gasteiger partial charge in [0.05, 0.1) is 18.4 Å². The van der Waals surface area contributed by atoms with Crippen molar-refractivity contribution in [2.75, 3.05) is 17.3 Å². The summed E-state index contributed by atoms with van der Waals surface area (Å²) in [5.41, 5.74) is 4.12. The lowest BCUT2D eigenvalue weighted by atomic mass is 10.1. The molecule has 1 atom stereocenters. The average Bonchev–Trinajstić information content (AvgIpc) is 3.09. The molecule has 0 aliphatic carbocycles. The number of nitrogens with one attached hydrogen (secondary N) is 1. The number of ether oxygens (including phenoxy) is 1. The quantitative estimate of drug-likeness (QED) is 0.679. The predicted octanol–water partition coefficient (Wildman–Crippen LogP) is 4.20. The Morgan fingerprint density at radius 3 is 2.69 bits per heavy atom. The van der Waals surface area contributed by atoms with E-state index < -0.39 is 5.97 Å². The fraction of sp³-hybridized carbons (Fsp3) is 0.174. The maximum atomic E-state index is 13.2. The highest BCUT2D eigenvalue weighted by Gasteiger charge is 2.31. The standard InChI is InChI=1S/C23H21N3O3/c1-15-13-16-7-3-6-10-21(16)26(15)22(27)20-14-17(11-12-24-20)25-19-9-5-4-8-18(19)23(28)29-2/h3-12,14-15H,13H2,1-2H3,(H,24,25). The number of para-hydroxylation sites is 2. The Hall–Kier alpha value is -3.67. The van der Waals surface area contributed by atoms with Crippen LogP contribution in [0.15, 0.2) is 66.9 Å². The number of rotatable bonds is 4. The molecule has 1 amide bonds. The topological polar surface area (TPSA) is 71.5 Å². The number of amides is 1. The zero-order valence-corrected chi connectivity index (χ0v) is 16.3. The second kappa shape index (κ2) is 7.75. The molecule has 0 fully saturated rings. The third-order valence-corrected chi connectivity index (χ3v) is 5.02. The van der Waals surface area contributed by atoms with Gasteiger partial charge in [0, 0.05) is 23.6 Å². The van der Waals surface area contributed by atoms with Crippen molar-refractivity contribution in [3.05, 3.63) is 83.7 Å². The molecular weight excluding hydrogens is 366 g/mol. The zero-order chi connectivity index (χ0) is 20.4. The van der Waals surface area contributed by atoms with Crippen LogP contribution >= 0.6 is 0 Å². The summed E-state index contributed by atoms with van der Waals surface area (Å²) in [7, 11) is 1.34. The number of esters is 1. The zero-order valence-electron chi connectivity index (χ0n) is 16.3. The number of nitrogens with zero attached hydrogens (tertiary/aromatic N) is 2. The van der Waals surface area contributed by atoms with Gasteiger partial charge in [-0.25, -0.2) is 4.79 Å². The highest BCUT2D eigenvalue weighted by Crippen LogP contribution is 2.33. The highest BCUT2D eigenvalue weighted by molar-refractivity contribution is 6.07. The van der Waals surface area contributed by atoms with Crippen LogP contribution in [0, 0.1) is 0 Å². The van der Waals surface area contributed by atoms with Gasteiger partial charge in [-0.2, -0.15) is 0 Å². The van der Waals surface area contributed by atoms with Crippen LogP contribution < -0.4 is 10.2 Å². The molecule has 2 aromatic carbocycles. The van der Waals surface area contributed by atoms with E-state index in [1.807, 2.05) is 37.3 Å². The van der Waals surface area contributed by atoms with Gasteiger partial charge in [-0.15, -0.1) is 0 Å². The van der Waals surface area contributed by atoms with Gasteiger partial charge < -0.3 is 15.0 Å². The van der Waals surface area contributed by atoms with Gasteiger partial charge in [-0.05, 0) is 49.2 Å². The van der Waals surface area contributed by atoms with E-state index in [-0.39, 0.29) is 11.9 Å². The molecule has 1 aromatic heterocycles. The Morgan fingerprint density at radius 1 is 1.10 bits per heavy atom. The fourth-order valence-electron chi connectivity index (χ4n) is 3.66. The molecule has 0 radical (unpaired) electrons. The molecule has 1 N–H and O–H groups in total. The van der Waals surface area contributed by atoms with Crippen molar-refractivity contribution in [1.29, 1.82) is 0 Å². The van der Waals surface area contributed by atoms with Crippen LogP contribution in [-0.2, 0) is 11.2 Å². The Kier molecular flexibility index (Phi) is 4.99. The summed E-state index contributed by atoms with van der Waals surface area (Å²) < 4.78 is 4.84. The number of methoxy groups -OCH3 is 1. The molecule has 29 heavy (non-hydrogen) atoms. The van der Waals surface area contributed by atoms with Gasteiger partial charge in [0.2, 0.25) is 0 Å². The van der Waals surface area contributed by atoms with Crippen LogP contribution in [-0.4, -0.2) is 30.0 Å². The Balaban J connectivity index is 1.62. The molecule has 3 aromatic rings. The van der Waals surface area contributed by atoms with E-state index in [0.717, 1.165) is 17.7 Å². The molecule has 6 nitrogen and oxygen atoms in total. The van der Waals surface area contributed by atoms with Crippen molar-refractivity contribution < 1.29 is 14.3 Å². The van der Waals surface area contributed by atoms with Crippen molar-refractivity contribution in [3.8, 4) is 0 Å². The van der Waals surface area contributed by atoms with E-state index in [1.54, 1.807) is 41.4 Å². The van der Waals surface area contributed by atoms with Gasteiger partial charge in [0.15, 0.2) is 0 Å². The third-order valence-electron chi connectivity index (χ3n) is 5.02. The van der Waals surface area contributed by atoms with Crippen molar-refractivity contribution in [1.82, 2.24) is 4.98 Å². The van der Waals surface area contributed by atoms with Gasteiger partial charge in [-0.3, -0.25) is 9.78 Å². The summed E-state index contributed by atoms with van der Waals surface area (Å²) in [5, 5.41) is 3.19. The van der Waals surface area contributed by atoms with Crippen molar-refractivity contribution in [2.24, 2.45) is 0 Å². The SMILES string of the molecule is COC(=O)c1ccccc1Nc1ccnc(C(=O)N2c3ccccc3CC2C)c1. The monoisotopic (exact) mass is 387 g/mol. The Labute approximate surface area is 169 Å². The van der Waals surface area contributed by atoms with Crippen molar-refractivity contribution >= 4 is 28.9 Å². The number of fused-ring (bicyclic) bond motifs is 1. The van der Waals surface area contributed by atoms with Gasteiger partial charge >= 0.3 is 5.97 Å². The third kappa shape index (κ3) is 3.57. The van der Waals surface area contributed by atoms with Crippen LogP contribution in [0.3, 0.4) is 0 Å². The molecule has 1 unspecified atom stereocenters. The number of carbonyl (C=O) groups is 2. The lowest BCUT2D eigenvalue weighted by Crippen LogP contribution is -2.36.